The van der Waals surface area contributed by atoms with Crippen LogP contribution in [0.25, 0.3) is 0 Å². The van der Waals surface area contributed by atoms with E-state index in [2.05, 4.69) is 5.32 Å². The smallest absolute Gasteiger partial charge is 0.0187 e. The van der Waals surface area contributed by atoms with Gasteiger partial charge < -0.3 is 5.32 Å². The summed E-state index contributed by atoms with van der Waals surface area (Å²) in [4.78, 5) is 0. The third kappa shape index (κ3) is 1.84. The molecule has 3 saturated heterocycles. The summed E-state index contributed by atoms with van der Waals surface area (Å²) >= 11 is 0. The van der Waals surface area contributed by atoms with Gasteiger partial charge in [-0.15, -0.1) is 0 Å². The van der Waals surface area contributed by atoms with Gasteiger partial charge in [-0.2, -0.15) is 0 Å². The monoisotopic (exact) mass is 207 g/mol. The fraction of sp³-hybridized carbons (Fsp3) is 1.00. The highest BCUT2D eigenvalue weighted by Crippen LogP contribution is 2.46. The molecular formula is C14H25N. The maximum Gasteiger partial charge on any atom is 0.0187 e. The van der Waals surface area contributed by atoms with Gasteiger partial charge in [-0.3, -0.25) is 0 Å². The Morgan fingerprint density at radius 2 is 0.867 bits per heavy atom. The molecule has 1 nitrogen and oxygen atoms in total. The molecule has 0 unspecified atom stereocenters. The number of hydrogen-bond donors (Lipinski definition) is 1. The van der Waals surface area contributed by atoms with Crippen molar-refractivity contribution in [3.05, 3.63) is 0 Å². The van der Waals surface area contributed by atoms with Crippen LogP contribution in [-0.4, -0.2) is 11.1 Å². The second kappa shape index (κ2) is 3.76. The van der Waals surface area contributed by atoms with Crippen LogP contribution in [0, 0.1) is 0 Å². The Balaban J connectivity index is 1.86. The van der Waals surface area contributed by atoms with Crippen molar-refractivity contribution in [3.8, 4) is 0 Å². The molecule has 86 valence electrons. The molecule has 3 heterocycles. The Hall–Kier alpha value is -0.0400. The van der Waals surface area contributed by atoms with Gasteiger partial charge in [-0.25, -0.2) is 0 Å². The highest BCUT2D eigenvalue weighted by atomic mass is 15.1. The maximum atomic E-state index is 4.12. The van der Waals surface area contributed by atoms with Gasteiger partial charge in [-0.1, -0.05) is 38.5 Å². The van der Waals surface area contributed by atoms with Gasteiger partial charge in [0.25, 0.3) is 0 Å². The van der Waals surface area contributed by atoms with Crippen LogP contribution in [0.1, 0.15) is 77.0 Å². The second-order valence-electron chi connectivity index (χ2n) is 6.31. The Kier molecular flexibility index (Phi) is 2.54. The van der Waals surface area contributed by atoms with E-state index in [0.29, 0.717) is 11.1 Å². The van der Waals surface area contributed by atoms with Crippen LogP contribution in [0.15, 0.2) is 0 Å². The molecule has 1 heteroatoms. The van der Waals surface area contributed by atoms with Gasteiger partial charge in [-0.05, 0) is 38.5 Å². The third-order valence-electron chi connectivity index (χ3n) is 5.23. The van der Waals surface area contributed by atoms with Crippen LogP contribution in [0.3, 0.4) is 0 Å². The predicted molar refractivity (Wildman–Crippen MR) is 64.0 cm³/mol. The summed E-state index contributed by atoms with van der Waals surface area (Å²) in [6, 6.07) is 0. The van der Waals surface area contributed by atoms with E-state index < -0.39 is 0 Å². The molecular weight excluding hydrogens is 182 g/mol. The molecule has 3 aliphatic heterocycles. The molecule has 0 atom stereocenters. The summed E-state index contributed by atoms with van der Waals surface area (Å²) in [5, 5.41) is 4.12. The highest BCUT2D eigenvalue weighted by molar-refractivity contribution is 5.07. The molecule has 3 fully saturated rings. The first kappa shape index (κ1) is 10.1. The van der Waals surface area contributed by atoms with E-state index in [1.807, 2.05) is 0 Å². The van der Waals surface area contributed by atoms with E-state index in [9.17, 15) is 0 Å². The SMILES string of the molecule is C1CCC23CCCCCC(CC1)(CC2)N3. The quantitative estimate of drug-likeness (QED) is 0.637. The molecule has 3 aliphatic rings. The average molecular weight is 207 g/mol. The Morgan fingerprint density at radius 1 is 0.467 bits per heavy atom. The molecule has 2 bridgehead atoms. The molecule has 15 heavy (non-hydrogen) atoms. The van der Waals surface area contributed by atoms with Gasteiger partial charge in [0.2, 0.25) is 0 Å². The van der Waals surface area contributed by atoms with Crippen molar-refractivity contribution >= 4 is 0 Å². The molecule has 0 saturated carbocycles. The average Bonchev–Trinajstić information content (AvgIpc) is 2.56. The van der Waals surface area contributed by atoms with Gasteiger partial charge in [0.05, 0.1) is 0 Å². The lowest BCUT2D eigenvalue weighted by Gasteiger charge is -2.40. The fourth-order valence-electron chi connectivity index (χ4n) is 4.37. The Bertz CT molecular complexity index is 197. The lowest BCUT2D eigenvalue weighted by molar-refractivity contribution is 0.191. The third-order valence-corrected chi connectivity index (χ3v) is 5.23. The zero-order valence-corrected chi connectivity index (χ0v) is 9.99. The summed E-state index contributed by atoms with van der Waals surface area (Å²) in [5.41, 5.74) is 1.17. The molecule has 0 spiro atoms. The normalized spacial score (nSPS) is 46.4. The topological polar surface area (TPSA) is 12.0 Å². The summed E-state index contributed by atoms with van der Waals surface area (Å²) in [6.07, 6.45) is 17.7. The highest BCUT2D eigenvalue weighted by Gasteiger charge is 2.47. The molecule has 0 aromatic rings. The first-order valence-corrected chi connectivity index (χ1v) is 7.12. The van der Waals surface area contributed by atoms with E-state index in [0.717, 1.165) is 0 Å². The molecule has 0 aromatic carbocycles. The van der Waals surface area contributed by atoms with Crippen molar-refractivity contribution in [2.75, 3.05) is 0 Å². The predicted octanol–water partition coefficient (Wildman–Crippen LogP) is 3.78. The van der Waals surface area contributed by atoms with Crippen LogP contribution >= 0.6 is 0 Å². The zero-order valence-electron chi connectivity index (χ0n) is 9.99. The molecule has 0 amide bonds. The zero-order chi connectivity index (χ0) is 10.2. The minimum Gasteiger partial charge on any atom is -0.306 e. The largest absolute Gasteiger partial charge is 0.306 e. The summed E-state index contributed by atoms with van der Waals surface area (Å²) in [6.45, 7) is 0. The van der Waals surface area contributed by atoms with Crippen LogP contribution in [-0.2, 0) is 0 Å². The van der Waals surface area contributed by atoms with Crippen molar-refractivity contribution in [2.45, 2.75) is 88.1 Å². The van der Waals surface area contributed by atoms with Gasteiger partial charge in [0.1, 0.15) is 0 Å². The van der Waals surface area contributed by atoms with Crippen molar-refractivity contribution in [1.29, 1.82) is 0 Å². The summed E-state index contributed by atoms with van der Waals surface area (Å²) in [7, 11) is 0. The molecule has 0 aliphatic carbocycles. The Morgan fingerprint density at radius 3 is 1.27 bits per heavy atom. The van der Waals surface area contributed by atoms with Crippen LogP contribution in [0.4, 0.5) is 0 Å². The Labute approximate surface area is 94.0 Å². The first-order valence-electron chi connectivity index (χ1n) is 7.12. The van der Waals surface area contributed by atoms with E-state index in [-0.39, 0.29) is 0 Å². The minimum absolute atomic E-state index is 0.584. The second-order valence-corrected chi connectivity index (χ2v) is 6.31. The first-order chi connectivity index (χ1) is 7.33. The lowest BCUT2D eigenvalue weighted by atomic mass is 9.81. The molecule has 0 aromatic heterocycles. The molecule has 0 radical (unpaired) electrons. The summed E-state index contributed by atoms with van der Waals surface area (Å²) in [5.74, 6) is 0. The van der Waals surface area contributed by atoms with Crippen molar-refractivity contribution in [1.82, 2.24) is 5.32 Å². The van der Waals surface area contributed by atoms with E-state index in [4.69, 9.17) is 0 Å². The van der Waals surface area contributed by atoms with Gasteiger partial charge in [0.15, 0.2) is 0 Å². The van der Waals surface area contributed by atoms with E-state index in [1.165, 1.54) is 77.0 Å². The lowest BCUT2D eigenvalue weighted by Crippen LogP contribution is -2.52. The number of rotatable bonds is 0. The maximum absolute atomic E-state index is 4.12. The van der Waals surface area contributed by atoms with Crippen LogP contribution in [0.2, 0.25) is 0 Å². The minimum atomic E-state index is 0.584. The van der Waals surface area contributed by atoms with Crippen molar-refractivity contribution < 1.29 is 0 Å². The van der Waals surface area contributed by atoms with Crippen LogP contribution in [0.5, 0.6) is 0 Å². The fourth-order valence-corrected chi connectivity index (χ4v) is 4.37. The van der Waals surface area contributed by atoms with Crippen molar-refractivity contribution in [2.24, 2.45) is 0 Å². The standard InChI is InChI=1S/C14H25N/c1-3-7-13-9-5-2-6-10-14(15-13,8-4-1)12-11-13/h15H,1-12H2. The summed E-state index contributed by atoms with van der Waals surface area (Å²) < 4.78 is 0. The number of nitrogens with one attached hydrogen (secondary N) is 1. The van der Waals surface area contributed by atoms with Crippen LogP contribution < -0.4 is 5.32 Å². The van der Waals surface area contributed by atoms with Gasteiger partial charge >= 0.3 is 0 Å². The van der Waals surface area contributed by atoms with Crippen molar-refractivity contribution in [3.63, 3.8) is 0 Å². The van der Waals surface area contributed by atoms with E-state index >= 15 is 0 Å². The van der Waals surface area contributed by atoms with Gasteiger partial charge in [0, 0.05) is 11.1 Å². The molecule has 3 rings (SSSR count). The van der Waals surface area contributed by atoms with E-state index in [1.54, 1.807) is 0 Å². The number of hydrogen-bond acceptors (Lipinski definition) is 1. The molecule has 1 N–H and O–H groups in total.